The first-order valence-corrected chi connectivity index (χ1v) is 12.3. The summed E-state index contributed by atoms with van der Waals surface area (Å²) in [7, 11) is 4.36. The summed E-state index contributed by atoms with van der Waals surface area (Å²) >= 11 is 3.45. The lowest BCUT2D eigenvalue weighted by molar-refractivity contribution is -0.116. The van der Waals surface area contributed by atoms with Gasteiger partial charge in [0.1, 0.15) is 0 Å². The van der Waals surface area contributed by atoms with Crippen LogP contribution in [0.4, 0.5) is 0 Å². The monoisotopic (exact) mass is 494 g/mol. The lowest BCUT2D eigenvalue weighted by Gasteiger charge is -2.46. The van der Waals surface area contributed by atoms with Crippen molar-refractivity contribution in [2.75, 3.05) is 14.1 Å². The largest absolute Gasteiger partial charge is 0.348 e. The summed E-state index contributed by atoms with van der Waals surface area (Å²) in [6.45, 7) is 4.76. The molecule has 3 nitrogen and oxygen atoms in total. The first kappa shape index (κ1) is 24.5. The normalized spacial score (nSPS) is 16.8. The third kappa shape index (κ3) is 6.43. The summed E-state index contributed by atoms with van der Waals surface area (Å²) < 4.78 is 0.998. The predicted octanol–water partition coefficient (Wildman–Crippen LogP) is 6.39. The highest BCUT2D eigenvalue weighted by Crippen LogP contribution is 2.38. The van der Waals surface area contributed by atoms with Gasteiger partial charge in [-0.3, -0.25) is 9.69 Å². The molecular weight excluding hydrogens is 460 g/mol. The van der Waals surface area contributed by atoms with E-state index >= 15 is 0 Å². The van der Waals surface area contributed by atoms with Gasteiger partial charge < -0.3 is 5.32 Å². The number of amides is 1. The molecule has 0 bridgehead atoms. The number of likely N-dealkylation sites (N-methyl/N-ethyl adjacent to an activating group) is 1. The molecule has 32 heavy (non-hydrogen) atoms. The molecule has 0 saturated heterocycles. The maximum atomic E-state index is 12.2. The second-order valence-electron chi connectivity index (χ2n) is 9.02. The van der Waals surface area contributed by atoms with Crippen LogP contribution in [0.25, 0.3) is 6.08 Å². The van der Waals surface area contributed by atoms with Crippen molar-refractivity contribution in [3.8, 4) is 0 Å². The van der Waals surface area contributed by atoms with E-state index in [1.165, 1.54) is 37.7 Å². The molecule has 0 spiro atoms. The number of nitrogens with one attached hydrogen (secondary N) is 1. The molecule has 3 rings (SSSR count). The lowest BCUT2D eigenvalue weighted by Crippen LogP contribution is -2.51. The minimum absolute atomic E-state index is 0.00657. The van der Waals surface area contributed by atoms with Gasteiger partial charge in [-0.15, -0.1) is 6.58 Å². The number of halogens is 1. The lowest BCUT2D eigenvalue weighted by atomic mass is 9.71. The number of hydrogen-bond donors (Lipinski definition) is 1. The van der Waals surface area contributed by atoms with E-state index in [4.69, 9.17) is 0 Å². The van der Waals surface area contributed by atoms with Crippen molar-refractivity contribution in [2.24, 2.45) is 5.92 Å². The Labute approximate surface area is 201 Å². The molecule has 1 aliphatic rings. The highest BCUT2D eigenvalue weighted by atomic mass is 79.9. The van der Waals surface area contributed by atoms with Gasteiger partial charge in [0.2, 0.25) is 5.91 Å². The Bertz CT molecular complexity index is 929. The van der Waals surface area contributed by atoms with E-state index in [-0.39, 0.29) is 11.4 Å². The van der Waals surface area contributed by atoms with Crippen LogP contribution >= 0.6 is 15.9 Å². The highest BCUT2D eigenvalue weighted by molar-refractivity contribution is 9.10. The number of benzene rings is 2. The third-order valence-electron chi connectivity index (χ3n) is 6.75. The average molecular weight is 496 g/mol. The molecule has 1 N–H and O–H groups in total. The standard InChI is InChI=1S/C28H35BrN2O/c1-4-28(31(2)3,25-10-6-5-7-11-25)20-23-13-15-24(16-14-23)21-30-27(32)18-17-22-9-8-12-26(29)19-22/h4,8-9,12-19,25H,1,5-7,10-11,20-21H2,2-3H3,(H,30,32). The zero-order chi connectivity index (χ0) is 23.0. The van der Waals surface area contributed by atoms with E-state index < -0.39 is 0 Å². The fourth-order valence-corrected chi connectivity index (χ4v) is 5.24. The van der Waals surface area contributed by atoms with Gasteiger partial charge in [-0.05, 0) is 74.2 Å². The van der Waals surface area contributed by atoms with Crippen LogP contribution in [0, 0.1) is 5.92 Å². The van der Waals surface area contributed by atoms with Gasteiger partial charge in [0, 0.05) is 22.6 Å². The van der Waals surface area contributed by atoms with Gasteiger partial charge >= 0.3 is 0 Å². The van der Waals surface area contributed by atoms with Crippen LogP contribution in [0.15, 0.2) is 71.7 Å². The van der Waals surface area contributed by atoms with E-state index in [0.717, 1.165) is 22.0 Å². The Hall–Kier alpha value is -2.17. The first-order chi connectivity index (χ1) is 15.4. The summed E-state index contributed by atoms with van der Waals surface area (Å²) in [6.07, 6.45) is 13.1. The number of nitrogens with zero attached hydrogens (tertiary/aromatic N) is 1. The van der Waals surface area contributed by atoms with Crippen LogP contribution in [-0.2, 0) is 17.8 Å². The number of rotatable bonds is 9. The van der Waals surface area contributed by atoms with Crippen molar-refractivity contribution < 1.29 is 4.79 Å². The molecule has 2 aromatic carbocycles. The average Bonchev–Trinajstić information content (AvgIpc) is 2.81. The van der Waals surface area contributed by atoms with Crippen LogP contribution in [0.1, 0.15) is 48.8 Å². The van der Waals surface area contributed by atoms with Gasteiger partial charge in [-0.25, -0.2) is 0 Å². The molecule has 2 aromatic rings. The summed E-state index contributed by atoms with van der Waals surface area (Å²) in [5.41, 5.74) is 3.40. The Morgan fingerprint density at radius 3 is 2.44 bits per heavy atom. The van der Waals surface area contributed by atoms with Gasteiger partial charge in [-0.2, -0.15) is 0 Å². The fourth-order valence-electron chi connectivity index (χ4n) is 4.82. The molecule has 1 amide bonds. The molecule has 0 heterocycles. The molecule has 0 aromatic heterocycles. The second-order valence-corrected chi connectivity index (χ2v) is 9.94. The molecule has 4 heteroatoms. The molecule has 0 aliphatic heterocycles. The van der Waals surface area contributed by atoms with Crippen LogP contribution in [0.3, 0.4) is 0 Å². The molecule has 1 unspecified atom stereocenters. The van der Waals surface area contributed by atoms with Crippen molar-refractivity contribution in [3.63, 3.8) is 0 Å². The van der Waals surface area contributed by atoms with Crippen molar-refractivity contribution in [1.29, 1.82) is 0 Å². The Morgan fingerprint density at radius 2 is 1.81 bits per heavy atom. The summed E-state index contributed by atoms with van der Waals surface area (Å²) in [6, 6.07) is 16.5. The van der Waals surface area contributed by atoms with E-state index in [1.54, 1.807) is 6.08 Å². The van der Waals surface area contributed by atoms with Crippen LogP contribution < -0.4 is 5.32 Å². The molecular formula is C28H35BrN2O. The highest BCUT2D eigenvalue weighted by Gasteiger charge is 2.38. The molecule has 1 atom stereocenters. The molecule has 1 aliphatic carbocycles. The fraction of sp³-hybridized carbons (Fsp3) is 0.393. The number of hydrogen-bond acceptors (Lipinski definition) is 2. The molecule has 1 fully saturated rings. The maximum absolute atomic E-state index is 12.2. The van der Waals surface area contributed by atoms with E-state index in [2.05, 4.69) is 77.2 Å². The Morgan fingerprint density at radius 1 is 1.12 bits per heavy atom. The van der Waals surface area contributed by atoms with Crippen LogP contribution in [-0.4, -0.2) is 30.4 Å². The van der Waals surface area contributed by atoms with Crippen molar-refractivity contribution in [1.82, 2.24) is 10.2 Å². The van der Waals surface area contributed by atoms with Gasteiger partial charge in [0.05, 0.1) is 0 Å². The quantitative estimate of drug-likeness (QED) is 0.323. The van der Waals surface area contributed by atoms with Crippen LogP contribution in [0.5, 0.6) is 0 Å². The second kappa shape index (κ2) is 11.6. The first-order valence-electron chi connectivity index (χ1n) is 11.5. The third-order valence-corrected chi connectivity index (χ3v) is 7.24. The minimum Gasteiger partial charge on any atom is -0.348 e. The zero-order valence-electron chi connectivity index (χ0n) is 19.3. The predicted molar refractivity (Wildman–Crippen MR) is 138 cm³/mol. The van der Waals surface area contributed by atoms with Crippen molar-refractivity contribution >= 4 is 27.9 Å². The molecule has 170 valence electrons. The smallest absolute Gasteiger partial charge is 0.244 e. The van der Waals surface area contributed by atoms with E-state index in [9.17, 15) is 4.79 Å². The Kier molecular flexibility index (Phi) is 8.89. The summed E-state index contributed by atoms with van der Waals surface area (Å²) in [5.74, 6) is 0.560. The van der Waals surface area contributed by atoms with E-state index in [1.807, 2.05) is 30.3 Å². The summed E-state index contributed by atoms with van der Waals surface area (Å²) in [5, 5.41) is 2.97. The van der Waals surface area contributed by atoms with E-state index in [0.29, 0.717) is 12.5 Å². The molecule has 1 saturated carbocycles. The SMILES string of the molecule is C=CC(Cc1ccc(CNC(=O)C=Cc2cccc(Br)c2)cc1)(C1CCCCC1)N(C)C. The minimum atomic E-state index is -0.0929. The topological polar surface area (TPSA) is 32.3 Å². The van der Waals surface area contributed by atoms with Gasteiger partial charge in [-0.1, -0.05) is 77.7 Å². The number of carbonyl (C=O) groups excluding carboxylic acids is 1. The van der Waals surface area contributed by atoms with Crippen molar-refractivity contribution in [3.05, 3.63) is 88.4 Å². The van der Waals surface area contributed by atoms with Gasteiger partial charge in [0.15, 0.2) is 0 Å². The van der Waals surface area contributed by atoms with Crippen LogP contribution in [0.2, 0.25) is 0 Å². The zero-order valence-corrected chi connectivity index (χ0v) is 20.9. The molecule has 0 radical (unpaired) electrons. The maximum Gasteiger partial charge on any atom is 0.244 e. The number of carbonyl (C=O) groups is 1. The summed E-state index contributed by atoms with van der Waals surface area (Å²) in [4.78, 5) is 14.6. The van der Waals surface area contributed by atoms with Crippen molar-refractivity contribution in [2.45, 2.75) is 50.6 Å². The van der Waals surface area contributed by atoms with Gasteiger partial charge in [0.25, 0.3) is 0 Å². The Balaban J connectivity index is 1.59.